The molecular weight excluding hydrogens is 232 g/mol. The molecule has 3 N–H and O–H groups in total. The van der Waals surface area contributed by atoms with Gasteiger partial charge in [0.15, 0.2) is 0 Å². The predicted molar refractivity (Wildman–Crippen MR) is 72.9 cm³/mol. The van der Waals surface area contributed by atoms with E-state index in [2.05, 4.69) is 29.7 Å². The highest BCUT2D eigenvalue weighted by Crippen LogP contribution is 2.17. The normalized spacial score (nSPS) is 10.4. The molecule has 0 saturated heterocycles. The molecule has 0 saturated carbocycles. The Bertz CT molecular complexity index is 378. The van der Waals surface area contributed by atoms with Crippen molar-refractivity contribution >= 4 is 11.3 Å². The van der Waals surface area contributed by atoms with Gasteiger partial charge in [-0.3, -0.25) is 4.90 Å². The Balaban J connectivity index is 2.51. The lowest BCUT2D eigenvalue weighted by Gasteiger charge is -2.18. The van der Waals surface area contributed by atoms with Crippen LogP contribution in [0.1, 0.15) is 23.1 Å². The van der Waals surface area contributed by atoms with Gasteiger partial charge in [0.1, 0.15) is 0 Å². The van der Waals surface area contributed by atoms with Crippen LogP contribution in [-0.2, 0) is 6.54 Å². The summed E-state index contributed by atoms with van der Waals surface area (Å²) in [5, 5.41) is 8.82. The van der Waals surface area contributed by atoms with Crippen molar-refractivity contribution < 1.29 is 5.11 Å². The Morgan fingerprint density at radius 3 is 2.94 bits per heavy atom. The van der Waals surface area contributed by atoms with Crippen molar-refractivity contribution in [2.24, 2.45) is 5.73 Å². The molecule has 1 aromatic heterocycles. The lowest BCUT2D eigenvalue weighted by Crippen LogP contribution is -2.24. The molecule has 0 amide bonds. The monoisotopic (exact) mass is 252 g/mol. The van der Waals surface area contributed by atoms with Crippen molar-refractivity contribution in [2.45, 2.75) is 19.9 Å². The van der Waals surface area contributed by atoms with Crippen molar-refractivity contribution in [3.63, 3.8) is 0 Å². The number of rotatable bonds is 6. The van der Waals surface area contributed by atoms with Gasteiger partial charge in [0.25, 0.3) is 0 Å². The van der Waals surface area contributed by atoms with Crippen LogP contribution in [0.3, 0.4) is 0 Å². The van der Waals surface area contributed by atoms with E-state index in [1.54, 1.807) is 11.3 Å². The molecule has 1 aromatic rings. The number of hydrogen-bond acceptors (Lipinski definition) is 4. The van der Waals surface area contributed by atoms with E-state index in [0.717, 1.165) is 30.9 Å². The molecule has 94 valence electrons. The summed E-state index contributed by atoms with van der Waals surface area (Å²) < 4.78 is 0. The molecule has 0 aliphatic heterocycles. The van der Waals surface area contributed by atoms with Gasteiger partial charge in [0.2, 0.25) is 0 Å². The van der Waals surface area contributed by atoms with Gasteiger partial charge in [-0.15, -0.1) is 11.3 Å². The minimum Gasteiger partial charge on any atom is -0.396 e. The first kappa shape index (κ1) is 14.2. The second kappa shape index (κ2) is 8.26. The number of nitrogens with zero attached hydrogens (tertiary/aromatic N) is 1. The standard InChI is InChI=1S/C13H20N2OS/c1-2-15(9-4-10-16)11-13-7-6-12(17-13)5-3-8-14/h6-7,16H,2,4,8-11,14H2,1H3. The third kappa shape index (κ3) is 5.33. The SMILES string of the molecule is CCN(CCCO)Cc1ccc(C#CCN)s1. The summed E-state index contributed by atoms with van der Waals surface area (Å²) in [5.74, 6) is 5.91. The van der Waals surface area contributed by atoms with E-state index in [0.29, 0.717) is 6.54 Å². The summed E-state index contributed by atoms with van der Waals surface area (Å²) in [6, 6.07) is 4.16. The quantitative estimate of drug-likeness (QED) is 0.750. The van der Waals surface area contributed by atoms with Crippen LogP contribution in [0.25, 0.3) is 0 Å². The van der Waals surface area contributed by atoms with E-state index in [1.165, 1.54) is 4.88 Å². The molecule has 0 unspecified atom stereocenters. The number of hydrogen-bond donors (Lipinski definition) is 2. The highest BCUT2D eigenvalue weighted by Gasteiger charge is 2.05. The summed E-state index contributed by atoms with van der Waals surface area (Å²) in [6.07, 6.45) is 0.832. The highest BCUT2D eigenvalue weighted by atomic mass is 32.1. The number of aliphatic hydroxyl groups excluding tert-OH is 1. The third-order valence-electron chi connectivity index (χ3n) is 2.43. The first-order chi connectivity index (χ1) is 8.30. The Morgan fingerprint density at radius 1 is 1.47 bits per heavy atom. The molecule has 0 bridgehead atoms. The molecule has 0 fully saturated rings. The van der Waals surface area contributed by atoms with E-state index >= 15 is 0 Å². The smallest absolute Gasteiger partial charge is 0.0772 e. The summed E-state index contributed by atoms with van der Waals surface area (Å²) in [5.41, 5.74) is 5.34. The van der Waals surface area contributed by atoms with Crippen LogP contribution < -0.4 is 5.73 Å². The first-order valence-corrected chi connectivity index (χ1v) is 6.72. The summed E-state index contributed by atoms with van der Waals surface area (Å²) in [7, 11) is 0. The van der Waals surface area contributed by atoms with Crippen LogP contribution in [-0.4, -0.2) is 36.2 Å². The van der Waals surface area contributed by atoms with Gasteiger partial charge in [0, 0.05) is 24.6 Å². The number of aliphatic hydroxyl groups is 1. The van der Waals surface area contributed by atoms with E-state index in [4.69, 9.17) is 10.8 Å². The van der Waals surface area contributed by atoms with Crippen molar-refractivity contribution in [3.8, 4) is 11.8 Å². The first-order valence-electron chi connectivity index (χ1n) is 5.91. The maximum absolute atomic E-state index is 8.82. The minimum atomic E-state index is 0.258. The van der Waals surface area contributed by atoms with Gasteiger partial charge in [-0.2, -0.15) is 0 Å². The van der Waals surface area contributed by atoms with Crippen LogP contribution >= 0.6 is 11.3 Å². The van der Waals surface area contributed by atoms with E-state index in [1.807, 2.05) is 6.07 Å². The second-order valence-corrected chi connectivity index (χ2v) is 4.89. The molecule has 1 rings (SSSR count). The zero-order chi connectivity index (χ0) is 12.5. The van der Waals surface area contributed by atoms with E-state index in [-0.39, 0.29) is 6.61 Å². The van der Waals surface area contributed by atoms with Crippen LogP contribution in [0.4, 0.5) is 0 Å². The number of nitrogens with two attached hydrogens (primary N) is 1. The van der Waals surface area contributed by atoms with Crippen LogP contribution in [0.15, 0.2) is 12.1 Å². The second-order valence-electron chi connectivity index (χ2n) is 3.72. The van der Waals surface area contributed by atoms with Crippen LogP contribution in [0.5, 0.6) is 0 Å². The molecule has 17 heavy (non-hydrogen) atoms. The van der Waals surface area contributed by atoms with Crippen molar-refractivity contribution in [1.82, 2.24) is 4.90 Å². The molecule has 3 nitrogen and oxygen atoms in total. The Hall–Kier alpha value is -0.860. The van der Waals surface area contributed by atoms with Gasteiger partial charge >= 0.3 is 0 Å². The Kier molecular flexibility index (Phi) is 6.90. The average molecular weight is 252 g/mol. The van der Waals surface area contributed by atoms with Gasteiger partial charge < -0.3 is 10.8 Å². The third-order valence-corrected chi connectivity index (χ3v) is 3.42. The lowest BCUT2D eigenvalue weighted by molar-refractivity contribution is 0.226. The van der Waals surface area contributed by atoms with E-state index in [9.17, 15) is 0 Å². The summed E-state index contributed by atoms with van der Waals surface area (Å²) >= 11 is 1.72. The molecule has 0 aliphatic carbocycles. The van der Waals surface area contributed by atoms with Crippen molar-refractivity contribution in [1.29, 1.82) is 0 Å². The predicted octanol–water partition coefficient (Wildman–Crippen LogP) is 1.26. The fourth-order valence-corrected chi connectivity index (χ4v) is 2.46. The summed E-state index contributed by atoms with van der Waals surface area (Å²) in [6.45, 7) is 5.68. The van der Waals surface area contributed by atoms with Gasteiger partial charge in [-0.25, -0.2) is 0 Å². The maximum atomic E-state index is 8.82. The van der Waals surface area contributed by atoms with Gasteiger partial charge in [-0.1, -0.05) is 18.8 Å². The zero-order valence-electron chi connectivity index (χ0n) is 10.3. The Labute approximate surface area is 107 Å². The minimum absolute atomic E-state index is 0.258. The molecular formula is C13H20N2OS. The lowest BCUT2D eigenvalue weighted by atomic mass is 10.3. The molecule has 0 aromatic carbocycles. The van der Waals surface area contributed by atoms with Crippen molar-refractivity contribution in [3.05, 3.63) is 21.9 Å². The molecule has 4 heteroatoms. The Morgan fingerprint density at radius 2 is 2.29 bits per heavy atom. The van der Waals surface area contributed by atoms with Crippen LogP contribution in [0, 0.1) is 11.8 Å². The summed E-state index contributed by atoms with van der Waals surface area (Å²) in [4.78, 5) is 4.71. The van der Waals surface area contributed by atoms with E-state index < -0.39 is 0 Å². The fraction of sp³-hybridized carbons (Fsp3) is 0.538. The van der Waals surface area contributed by atoms with Gasteiger partial charge in [-0.05, 0) is 25.1 Å². The maximum Gasteiger partial charge on any atom is 0.0772 e. The van der Waals surface area contributed by atoms with Gasteiger partial charge in [0.05, 0.1) is 11.4 Å². The average Bonchev–Trinajstić information content (AvgIpc) is 2.79. The van der Waals surface area contributed by atoms with Crippen molar-refractivity contribution in [2.75, 3.05) is 26.2 Å². The molecule has 1 heterocycles. The van der Waals surface area contributed by atoms with Crippen LogP contribution in [0.2, 0.25) is 0 Å². The fourth-order valence-electron chi connectivity index (χ4n) is 1.53. The molecule has 0 aliphatic rings. The number of thiophene rings is 1. The largest absolute Gasteiger partial charge is 0.396 e. The topological polar surface area (TPSA) is 49.5 Å². The molecule has 0 radical (unpaired) electrons. The molecule has 0 spiro atoms. The highest BCUT2D eigenvalue weighted by molar-refractivity contribution is 7.12. The zero-order valence-corrected chi connectivity index (χ0v) is 11.1. The molecule has 0 atom stereocenters.